The highest BCUT2D eigenvalue weighted by atomic mass is 79.9. The van der Waals surface area contributed by atoms with E-state index in [2.05, 4.69) is 50.1 Å². The van der Waals surface area contributed by atoms with Crippen LogP contribution in [-0.2, 0) is 6.42 Å². The van der Waals surface area contributed by atoms with Crippen LogP contribution in [0.3, 0.4) is 0 Å². The van der Waals surface area contributed by atoms with E-state index < -0.39 is 0 Å². The van der Waals surface area contributed by atoms with Gasteiger partial charge in [-0.1, -0.05) is 75.3 Å². The summed E-state index contributed by atoms with van der Waals surface area (Å²) in [5.41, 5.74) is 5.90. The van der Waals surface area contributed by atoms with Crippen molar-refractivity contribution in [2.45, 2.75) is 18.9 Å². The van der Waals surface area contributed by atoms with Crippen LogP contribution >= 0.6 is 54.8 Å². The zero-order chi connectivity index (χ0) is 24.3. The first-order chi connectivity index (χ1) is 16.9. The van der Waals surface area contributed by atoms with E-state index >= 15 is 0 Å². The summed E-state index contributed by atoms with van der Waals surface area (Å²) in [4.78, 5) is 19.5. The molecular formula is C27H17Br2ClN2O2S. The lowest BCUT2D eigenvalue weighted by Crippen LogP contribution is -2.38. The molecule has 0 radical (unpaired) electrons. The molecule has 1 aromatic heterocycles. The van der Waals surface area contributed by atoms with Gasteiger partial charge in [0.15, 0.2) is 4.80 Å². The van der Waals surface area contributed by atoms with Gasteiger partial charge in [-0.25, -0.2) is 4.99 Å². The number of rotatable bonds is 2. The molecule has 3 aromatic carbocycles. The molecule has 0 spiro atoms. The van der Waals surface area contributed by atoms with Crippen molar-refractivity contribution in [1.29, 1.82) is 0 Å². The first kappa shape index (κ1) is 23.0. The third kappa shape index (κ3) is 3.95. The molecule has 1 aliphatic heterocycles. The average Bonchev–Trinajstić information content (AvgIpc) is 3.16. The molecular weight excluding hydrogens is 612 g/mol. The number of thiazole rings is 1. The molecule has 1 atom stereocenters. The summed E-state index contributed by atoms with van der Waals surface area (Å²) in [7, 11) is 0. The molecule has 4 nitrogen and oxygen atoms in total. The molecule has 1 aliphatic carbocycles. The second-order valence-corrected chi connectivity index (χ2v) is 11.7. The first-order valence-electron chi connectivity index (χ1n) is 11.0. The van der Waals surface area contributed by atoms with Crippen LogP contribution in [0.25, 0.3) is 11.8 Å². The van der Waals surface area contributed by atoms with Crippen LogP contribution in [0.4, 0.5) is 0 Å². The van der Waals surface area contributed by atoms with Gasteiger partial charge in [-0.05, 0) is 75.8 Å². The predicted octanol–water partition coefficient (Wildman–Crippen LogP) is 6.20. The van der Waals surface area contributed by atoms with Gasteiger partial charge in [-0.3, -0.25) is 9.36 Å². The van der Waals surface area contributed by atoms with E-state index in [0.29, 0.717) is 24.4 Å². The normalized spacial score (nSPS) is 17.0. The van der Waals surface area contributed by atoms with Crippen LogP contribution in [0.2, 0.25) is 5.02 Å². The molecule has 0 saturated heterocycles. The fourth-order valence-corrected chi connectivity index (χ4v) is 7.18. The Kier molecular flexibility index (Phi) is 5.84. The quantitative estimate of drug-likeness (QED) is 0.288. The Morgan fingerprint density at radius 3 is 2.66 bits per heavy atom. The molecule has 0 saturated carbocycles. The van der Waals surface area contributed by atoms with Crippen LogP contribution in [0.5, 0.6) is 5.75 Å². The standard InChI is InChI=1S/C27H17Br2ClN2O2S/c28-17-11-16(25(33)21(29)13-17)12-22-26(34)32-24(15-5-8-18(30)9-6-15)20-10-7-14-3-1-2-4-19(14)23(20)31-27(32)35-22/h1-6,8-9,11-13,24,33H,7,10H2/b22-12-/t24-/m1/s1. The Morgan fingerprint density at radius 1 is 1.09 bits per heavy atom. The van der Waals surface area contributed by atoms with E-state index in [9.17, 15) is 9.90 Å². The second-order valence-electron chi connectivity index (χ2n) is 8.49. The maximum Gasteiger partial charge on any atom is 0.271 e. The average molecular weight is 629 g/mol. The number of aromatic nitrogens is 1. The SMILES string of the molecule is O=c1/c(=C/c2cc(Br)cc(Br)c2O)sc2n1[C@H](c1ccc(Cl)cc1)C1=C(N=2)c2ccccc2CC1. The molecule has 174 valence electrons. The number of hydrogen-bond acceptors (Lipinski definition) is 4. The van der Waals surface area contributed by atoms with Gasteiger partial charge < -0.3 is 5.11 Å². The van der Waals surface area contributed by atoms with Crippen LogP contribution in [-0.4, -0.2) is 9.67 Å². The van der Waals surface area contributed by atoms with Crippen LogP contribution in [0.1, 0.15) is 34.7 Å². The highest BCUT2D eigenvalue weighted by Gasteiger charge is 2.32. The first-order valence-corrected chi connectivity index (χ1v) is 13.8. The highest BCUT2D eigenvalue weighted by Crippen LogP contribution is 2.41. The zero-order valence-corrected chi connectivity index (χ0v) is 22.9. The van der Waals surface area contributed by atoms with Gasteiger partial charge in [-0.15, -0.1) is 0 Å². The van der Waals surface area contributed by atoms with Crippen molar-refractivity contribution in [3.8, 4) is 5.75 Å². The van der Waals surface area contributed by atoms with E-state index in [1.54, 1.807) is 22.8 Å². The summed E-state index contributed by atoms with van der Waals surface area (Å²) in [6, 6.07) is 19.3. The molecule has 1 N–H and O–H groups in total. The minimum absolute atomic E-state index is 0.0847. The van der Waals surface area contributed by atoms with Gasteiger partial charge in [0.25, 0.3) is 5.56 Å². The molecule has 35 heavy (non-hydrogen) atoms. The van der Waals surface area contributed by atoms with Gasteiger partial charge >= 0.3 is 0 Å². The third-order valence-electron chi connectivity index (χ3n) is 6.40. The Hall–Kier alpha value is -2.45. The summed E-state index contributed by atoms with van der Waals surface area (Å²) in [5, 5.41) is 11.2. The fraction of sp³-hybridized carbons (Fsp3) is 0.111. The number of phenolic OH excluding ortho intramolecular Hbond substituents is 1. The van der Waals surface area contributed by atoms with Crippen molar-refractivity contribution < 1.29 is 5.11 Å². The lowest BCUT2D eigenvalue weighted by atomic mass is 9.83. The van der Waals surface area contributed by atoms with Crippen LogP contribution in [0, 0.1) is 0 Å². The van der Waals surface area contributed by atoms with Crippen LogP contribution < -0.4 is 14.9 Å². The Labute approximate surface area is 226 Å². The summed E-state index contributed by atoms with van der Waals surface area (Å²) in [6.45, 7) is 0. The van der Waals surface area contributed by atoms with Gasteiger partial charge in [0.1, 0.15) is 5.75 Å². The lowest BCUT2D eigenvalue weighted by Gasteiger charge is -2.30. The number of aryl methyl sites for hydroxylation is 1. The topological polar surface area (TPSA) is 54.6 Å². The number of fused-ring (bicyclic) bond motifs is 3. The van der Waals surface area contributed by atoms with E-state index in [1.165, 1.54) is 16.9 Å². The Balaban J connectivity index is 1.64. The predicted molar refractivity (Wildman–Crippen MR) is 148 cm³/mol. The maximum absolute atomic E-state index is 13.8. The molecule has 4 aromatic rings. The maximum atomic E-state index is 13.8. The number of allylic oxidation sites excluding steroid dienone is 1. The van der Waals surface area contributed by atoms with E-state index in [-0.39, 0.29) is 17.4 Å². The second kappa shape index (κ2) is 8.89. The highest BCUT2D eigenvalue weighted by molar-refractivity contribution is 9.11. The summed E-state index contributed by atoms with van der Waals surface area (Å²) < 4.78 is 3.65. The van der Waals surface area contributed by atoms with Crippen LogP contribution in [0.15, 0.2) is 85.0 Å². The summed E-state index contributed by atoms with van der Waals surface area (Å²) in [5.74, 6) is 0.0847. The number of halogens is 3. The molecule has 6 rings (SSSR count). The summed E-state index contributed by atoms with van der Waals surface area (Å²) >= 11 is 14.4. The molecule has 8 heteroatoms. The number of phenols is 1. The number of aromatic hydroxyl groups is 1. The minimum Gasteiger partial charge on any atom is -0.506 e. The molecule has 2 heterocycles. The third-order valence-corrected chi connectivity index (χ3v) is 8.70. The lowest BCUT2D eigenvalue weighted by molar-refractivity contribution is 0.470. The van der Waals surface area contributed by atoms with E-state index in [0.717, 1.165) is 39.7 Å². The van der Waals surface area contributed by atoms with Gasteiger partial charge in [0, 0.05) is 20.6 Å². The van der Waals surface area contributed by atoms with E-state index in [4.69, 9.17) is 16.6 Å². The van der Waals surface area contributed by atoms with Gasteiger partial charge in [-0.2, -0.15) is 0 Å². The van der Waals surface area contributed by atoms with Crippen molar-refractivity contribution in [2.24, 2.45) is 4.99 Å². The monoisotopic (exact) mass is 626 g/mol. The van der Waals surface area contributed by atoms with Crippen molar-refractivity contribution in [2.75, 3.05) is 0 Å². The smallest absolute Gasteiger partial charge is 0.271 e. The largest absolute Gasteiger partial charge is 0.506 e. The van der Waals surface area contributed by atoms with Crippen molar-refractivity contribution in [3.05, 3.63) is 122 Å². The van der Waals surface area contributed by atoms with Gasteiger partial charge in [0.2, 0.25) is 0 Å². The molecule has 0 bridgehead atoms. The fourth-order valence-electron chi connectivity index (χ4n) is 4.80. The number of benzene rings is 3. The number of hydrogen-bond donors (Lipinski definition) is 1. The zero-order valence-electron chi connectivity index (χ0n) is 18.1. The van der Waals surface area contributed by atoms with E-state index in [1.807, 2.05) is 30.3 Å². The van der Waals surface area contributed by atoms with Crippen molar-refractivity contribution in [3.63, 3.8) is 0 Å². The Morgan fingerprint density at radius 2 is 1.86 bits per heavy atom. The number of nitrogens with zero attached hydrogens (tertiary/aromatic N) is 2. The van der Waals surface area contributed by atoms with Gasteiger partial charge in [0.05, 0.1) is 20.7 Å². The summed E-state index contributed by atoms with van der Waals surface area (Å²) in [6.07, 6.45) is 3.45. The molecule has 0 unspecified atom stereocenters. The van der Waals surface area contributed by atoms with Crippen molar-refractivity contribution in [1.82, 2.24) is 4.57 Å². The minimum atomic E-state index is -0.267. The molecule has 0 amide bonds. The Bertz CT molecular complexity index is 1720. The molecule has 2 aliphatic rings. The molecule has 0 fully saturated rings. The van der Waals surface area contributed by atoms with Crippen molar-refractivity contribution >= 4 is 66.6 Å².